The molecule has 140 valence electrons. The van der Waals surface area contributed by atoms with Gasteiger partial charge in [0, 0.05) is 36.7 Å². The molecule has 0 saturated carbocycles. The number of aromatic amines is 1. The number of aromatic nitrogens is 1. The van der Waals surface area contributed by atoms with E-state index in [0.29, 0.717) is 19.4 Å². The molecule has 0 radical (unpaired) electrons. The van der Waals surface area contributed by atoms with Crippen molar-refractivity contribution in [3.63, 3.8) is 0 Å². The number of sulfonamides is 2. The van der Waals surface area contributed by atoms with Crippen molar-refractivity contribution in [2.45, 2.75) is 19.8 Å². The van der Waals surface area contributed by atoms with E-state index in [0.717, 1.165) is 22.7 Å². The number of fused-ring (bicyclic) bond motifs is 1. The van der Waals surface area contributed by atoms with Gasteiger partial charge in [0.2, 0.25) is 20.0 Å². The molecule has 0 aliphatic carbocycles. The second kappa shape index (κ2) is 8.31. The van der Waals surface area contributed by atoms with E-state index in [9.17, 15) is 16.8 Å². The van der Waals surface area contributed by atoms with Crippen molar-refractivity contribution in [1.82, 2.24) is 14.0 Å². The zero-order chi connectivity index (χ0) is 18.5. The number of rotatable bonds is 10. The smallest absolute Gasteiger partial charge is 0.211 e. The van der Waals surface area contributed by atoms with Crippen LogP contribution in [0.5, 0.6) is 0 Å². The third-order valence-electron chi connectivity index (χ3n) is 3.93. The molecule has 0 spiro atoms. The second-order valence-electron chi connectivity index (χ2n) is 5.98. The molecular formula is C16H25N3O4S2. The quantitative estimate of drug-likeness (QED) is 0.642. The molecule has 0 atom stereocenters. The van der Waals surface area contributed by atoms with E-state index in [-0.39, 0.29) is 18.8 Å². The fourth-order valence-electron chi connectivity index (χ4n) is 2.69. The van der Waals surface area contributed by atoms with Crippen LogP contribution in [0.3, 0.4) is 0 Å². The lowest BCUT2D eigenvalue weighted by Crippen LogP contribution is -2.39. The molecule has 25 heavy (non-hydrogen) atoms. The van der Waals surface area contributed by atoms with Crippen LogP contribution in [0.15, 0.2) is 30.5 Å². The monoisotopic (exact) mass is 387 g/mol. The number of nitrogens with zero attached hydrogens (tertiary/aromatic N) is 1. The summed E-state index contributed by atoms with van der Waals surface area (Å²) in [4.78, 5) is 3.17. The number of hydrogen-bond acceptors (Lipinski definition) is 4. The van der Waals surface area contributed by atoms with Crippen LogP contribution >= 0.6 is 0 Å². The van der Waals surface area contributed by atoms with Crippen molar-refractivity contribution < 1.29 is 16.8 Å². The number of nitrogens with one attached hydrogen (secondary N) is 2. The van der Waals surface area contributed by atoms with Gasteiger partial charge in [0.15, 0.2) is 0 Å². The summed E-state index contributed by atoms with van der Waals surface area (Å²) in [5.74, 6) is 0.0429. The van der Waals surface area contributed by atoms with E-state index in [1.54, 1.807) is 6.92 Å². The van der Waals surface area contributed by atoms with Crippen LogP contribution in [0.2, 0.25) is 0 Å². The molecule has 0 aliphatic rings. The van der Waals surface area contributed by atoms with Crippen LogP contribution in [0.25, 0.3) is 10.9 Å². The predicted octanol–water partition coefficient (Wildman–Crippen LogP) is 1.30. The van der Waals surface area contributed by atoms with Crippen LogP contribution in [-0.4, -0.2) is 57.8 Å². The summed E-state index contributed by atoms with van der Waals surface area (Å²) in [6.07, 6.45) is 4.10. The van der Waals surface area contributed by atoms with Gasteiger partial charge < -0.3 is 4.98 Å². The zero-order valence-corrected chi connectivity index (χ0v) is 16.2. The summed E-state index contributed by atoms with van der Waals surface area (Å²) in [5, 5.41) is 1.07. The van der Waals surface area contributed by atoms with E-state index >= 15 is 0 Å². The van der Waals surface area contributed by atoms with Crippen LogP contribution in [0.4, 0.5) is 0 Å². The van der Waals surface area contributed by atoms with Crippen LogP contribution in [0.1, 0.15) is 18.9 Å². The lowest BCUT2D eigenvalue weighted by molar-refractivity contribution is 0.420. The number of H-pyrrole nitrogens is 1. The van der Waals surface area contributed by atoms with Crippen LogP contribution in [-0.2, 0) is 26.5 Å². The summed E-state index contributed by atoms with van der Waals surface area (Å²) in [6.45, 7) is 2.27. The molecule has 0 saturated heterocycles. The van der Waals surface area contributed by atoms with Gasteiger partial charge in [0.1, 0.15) is 0 Å². The maximum absolute atomic E-state index is 12.0. The van der Waals surface area contributed by atoms with Gasteiger partial charge in [-0.15, -0.1) is 0 Å². The highest BCUT2D eigenvalue weighted by atomic mass is 32.2. The first kappa shape index (κ1) is 19.9. The van der Waals surface area contributed by atoms with E-state index in [1.807, 2.05) is 30.5 Å². The van der Waals surface area contributed by atoms with Crippen molar-refractivity contribution in [3.05, 3.63) is 36.0 Å². The average molecular weight is 388 g/mol. The maximum atomic E-state index is 12.0. The van der Waals surface area contributed by atoms with Gasteiger partial charge in [0.05, 0.1) is 12.0 Å². The van der Waals surface area contributed by atoms with Gasteiger partial charge in [-0.25, -0.2) is 25.9 Å². The molecule has 0 aliphatic heterocycles. The van der Waals surface area contributed by atoms with Gasteiger partial charge in [0.25, 0.3) is 0 Å². The Balaban J connectivity index is 1.99. The number of hydrogen-bond donors (Lipinski definition) is 2. The van der Waals surface area contributed by atoms with Crippen molar-refractivity contribution in [2.75, 3.05) is 31.6 Å². The first-order chi connectivity index (χ1) is 11.7. The van der Waals surface area contributed by atoms with Crippen molar-refractivity contribution >= 4 is 30.9 Å². The third kappa shape index (κ3) is 5.81. The van der Waals surface area contributed by atoms with Gasteiger partial charge in [-0.3, -0.25) is 0 Å². The molecular weight excluding hydrogens is 362 g/mol. The Bertz CT molecular complexity index is 904. The molecule has 1 heterocycles. The molecule has 7 nitrogen and oxygen atoms in total. The predicted molar refractivity (Wildman–Crippen MR) is 101 cm³/mol. The van der Waals surface area contributed by atoms with E-state index in [2.05, 4.69) is 9.71 Å². The lowest BCUT2D eigenvalue weighted by Gasteiger charge is -2.20. The Morgan fingerprint density at radius 2 is 1.84 bits per heavy atom. The highest BCUT2D eigenvalue weighted by molar-refractivity contribution is 7.89. The van der Waals surface area contributed by atoms with Gasteiger partial charge >= 0.3 is 0 Å². The summed E-state index contributed by atoms with van der Waals surface area (Å²) in [5.41, 5.74) is 2.05. The molecule has 2 aromatic rings. The first-order valence-electron chi connectivity index (χ1n) is 8.20. The standard InChI is InChI=1S/C16H25N3O4S2/c1-3-12-25(22,23)18-9-11-19(24(2,20)21)10-8-14-13-17-16-7-5-4-6-15(14)16/h4-7,13,17-18H,3,8-12H2,1-2H3. The molecule has 1 aromatic heterocycles. The molecule has 0 unspecified atom stereocenters. The highest BCUT2D eigenvalue weighted by Gasteiger charge is 2.18. The lowest BCUT2D eigenvalue weighted by atomic mass is 10.1. The van der Waals surface area contributed by atoms with E-state index in [1.165, 1.54) is 4.31 Å². The van der Waals surface area contributed by atoms with Gasteiger partial charge in [-0.2, -0.15) is 0 Å². The Hall–Kier alpha value is -1.42. The van der Waals surface area contributed by atoms with Crippen LogP contribution in [0, 0.1) is 0 Å². The summed E-state index contributed by atoms with van der Waals surface area (Å²) >= 11 is 0. The largest absolute Gasteiger partial charge is 0.361 e. The van der Waals surface area contributed by atoms with Crippen molar-refractivity contribution in [1.29, 1.82) is 0 Å². The molecule has 9 heteroatoms. The number of para-hydroxylation sites is 1. The highest BCUT2D eigenvalue weighted by Crippen LogP contribution is 2.18. The number of benzene rings is 1. The topological polar surface area (TPSA) is 99.3 Å². The fourth-order valence-corrected chi connectivity index (χ4v) is 4.62. The first-order valence-corrected chi connectivity index (χ1v) is 11.7. The normalized spacial score (nSPS) is 12.9. The molecule has 2 N–H and O–H groups in total. The summed E-state index contributed by atoms with van der Waals surface area (Å²) in [7, 11) is -6.75. The van der Waals surface area contributed by atoms with Crippen LogP contribution < -0.4 is 4.72 Å². The minimum atomic E-state index is -3.41. The third-order valence-corrected chi connectivity index (χ3v) is 6.82. The minimum absolute atomic E-state index is 0.0429. The summed E-state index contributed by atoms with van der Waals surface area (Å²) < 4.78 is 51.0. The van der Waals surface area contributed by atoms with Gasteiger partial charge in [-0.05, 0) is 24.5 Å². The summed E-state index contributed by atoms with van der Waals surface area (Å²) in [6, 6.07) is 7.84. The van der Waals surface area contributed by atoms with Gasteiger partial charge in [-0.1, -0.05) is 25.1 Å². The SMILES string of the molecule is CCCS(=O)(=O)NCCN(CCc1c[nH]c2ccccc12)S(C)(=O)=O. The minimum Gasteiger partial charge on any atom is -0.361 e. The Kier molecular flexibility index (Phi) is 6.61. The maximum Gasteiger partial charge on any atom is 0.211 e. The van der Waals surface area contributed by atoms with E-state index in [4.69, 9.17) is 0 Å². The second-order valence-corrected chi connectivity index (χ2v) is 9.89. The molecule has 1 aromatic carbocycles. The Labute approximate surface area is 149 Å². The molecule has 0 amide bonds. The Morgan fingerprint density at radius 3 is 2.52 bits per heavy atom. The fraction of sp³-hybridized carbons (Fsp3) is 0.500. The Morgan fingerprint density at radius 1 is 1.12 bits per heavy atom. The molecule has 0 fully saturated rings. The van der Waals surface area contributed by atoms with E-state index < -0.39 is 20.0 Å². The molecule has 0 bridgehead atoms. The van der Waals surface area contributed by atoms with Crippen molar-refractivity contribution in [3.8, 4) is 0 Å². The average Bonchev–Trinajstić information content (AvgIpc) is 2.92. The van der Waals surface area contributed by atoms with Crippen molar-refractivity contribution in [2.24, 2.45) is 0 Å². The zero-order valence-electron chi connectivity index (χ0n) is 14.5. The molecule has 2 rings (SSSR count).